The number of carbonyl (C=O) groups excluding carboxylic acids is 1. The lowest BCUT2D eigenvalue weighted by Gasteiger charge is -2.58. The molecule has 4 saturated carbocycles. The first kappa shape index (κ1) is 25.2. The van der Waals surface area contributed by atoms with Crippen molar-refractivity contribution < 1.29 is 23.1 Å². The van der Waals surface area contributed by atoms with Crippen LogP contribution in [0.25, 0.3) is 6.20 Å². The van der Waals surface area contributed by atoms with Crippen LogP contribution in [0.4, 0.5) is 0 Å². The van der Waals surface area contributed by atoms with Crippen LogP contribution in [-0.2, 0) is 10.0 Å². The molecule has 0 aliphatic heterocycles. The molecule has 190 valence electrons. The lowest BCUT2D eigenvalue weighted by Crippen LogP contribution is -2.61. The van der Waals surface area contributed by atoms with Gasteiger partial charge in [-0.15, -0.1) is 0 Å². The highest BCUT2D eigenvalue weighted by molar-refractivity contribution is 7.88. The normalized spacial score (nSPS) is 30.9. The number of sulfonamides is 1. The molecular formula is C24H38N4O5S. The lowest BCUT2D eigenvalue weighted by atomic mass is 9.52. The quantitative estimate of drug-likeness (QED) is 0.484. The van der Waals surface area contributed by atoms with E-state index in [0.717, 1.165) is 38.4 Å². The van der Waals surface area contributed by atoms with Crippen molar-refractivity contribution in [2.24, 2.45) is 23.7 Å². The molecule has 5 rings (SSSR count). The molecule has 1 amide bonds. The second-order valence-electron chi connectivity index (χ2n) is 11.6. The minimum absolute atomic E-state index is 0.0547. The molecule has 4 fully saturated rings. The minimum atomic E-state index is -3.40. The molecule has 4 aliphatic carbocycles. The molecule has 0 radical (unpaired) electrons. The summed E-state index contributed by atoms with van der Waals surface area (Å²) < 4.78 is 33.3. The summed E-state index contributed by atoms with van der Waals surface area (Å²) in [6.07, 6.45) is 10.4. The summed E-state index contributed by atoms with van der Waals surface area (Å²) in [4.78, 5) is 13.4. The molecule has 3 N–H and O–H groups in total. The zero-order valence-corrected chi connectivity index (χ0v) is 21.6. The summed E-state index contributed by atoms with van der Waals surface area (Å²) in [5.74, 6) is 1.53. The zero-order chi connectivity index (χ0) is 24.9. The molecule has 0 saturated heterocycles. The van der Waals surface area contributed by atoms with Crippen molar-refractivity contribution in [3.8, 4) is 5.88 Å². The van der Waals surface area contributed by atoms with Gasteiger partial charge in [0, 0.05) is 17.8 Å². The lowest BCUT2D eigenvalue weighted by molar-refractivity contribution is -0.136. The number of ether oxygens (including phenoxy) is 1. The van der Waals surface area contributed by atoms with Crippen molar-refractivity contribution in [3.63, 3.8) is 0 Å². The van der Waals surface area contributed by atoms with Gasteiger partial charge in [-0.05, 0) is 75.7 Å². The molecule has 10 heteroatoms. The van der Waals surface area contributed by atoms with Crippen LogP contribution in [0.2, 0.25) is 0 Å². The molecule has 1 heterocycles. The Morgan fingerprint density at radius 3 is 2.53 bits per heavy atom. The first-order valence-corrected chi connectivity index (χ1v) is 14.0. The van der Waals surface area contributed by atoms with E-state index in [-0.39, 0.29) is 17.9 Å². The van der Waals surface area contributed by atoms with E-state index in [4.69, 9.17) is 4.74 Å². The van der Waals surface area contributed by atoms with Gasteiger partial charge in [-0.25, -0.2) is 17.8 Å². The molecule has 1 aromatic heterocycles. The number of aliphatic hydroxyl groups is 1. The predicted molar refractivity (Wildman–Crippen MR) is 130 cm³/mol. The highest BCUT2D eigenvalue weighted by Crippen LogP contribution is 2.55. The van der Waals surface area contributed by atoms with E-state index in [9.17, 15) is 18.3 Å². The number of hydrogen-bond acceptors (Lipinski definition) is 6. The number of carbonyl (C=O) groups is 1. The summed E-state index contributed by atoms with van der Waals surface area (Å²) in [6.45, 7) is 7.92. The van der Waals surface area contributed by atoms with E-state index in [0.29, 0.717) is 35.8 Å². The third-order valence-corrected chi connectivity index (χ3v) is 8.06. The van der Waals surface area contributed by atoms with E-state index in [1.165, 1.54) is 10.9 Å². The molecule has 0 spiro atoms. The summed E-state index contributed by atoms with van der Waals surface area (Å²) in [5, 5.41) is 18.4. The predicted octanol–water partition coefficient (Wildman–Crippen LogP) is 2.39. The van der Waals surface area contributed by atoms with Crippen molar-refractivity contribution in [2.75, 3.05) is 12.9 Å². The van der Waals surface area contributed by atoms with E-state index < -0.39 is 21.2 Å². The monoisotopic (exact) mass is 494 g/mol. The number of rotatable bonds is 9. The molecule has 9 nitrogen and oxygen atoms in total. The molecule has 2 atom stereocenters. The van der Waals surface area contributed by atoms with Gasteiger partial charge in [0.05, 0.1) is 24.7 Å². The number of hydrogen-bond donors (Lipinski definition) is 3. The first-order valence-electron chi connectivity index (χ1n) is 12.2. The Labute approximate surface area is 202 Å². The Morgan fingerprint density at radius 1 is 1.32 bits per heavy atom. The zero-order valence-electron chi connectivity index (χ0n) is 20.7. The Balaban J connectivity index is 1.54. The summed E-state index contributed by atoms with van der Waals surface area (Å²) >= 11 is 0. The van der Waals surface area contributed by atoms with Crippen molar-refractivity contribution >= 4 is 22.1 Å². The topological polar surface area (TPSA) is 123 Å². The van der Waals surface area contributed by atoms with E-state index in [2.05, 4.69) is 15.1 Å². The molecule has 1 aromatic rings. The van der Waals surface area contributed by atoms with Crippen LogP contribution in [0.3, 0.4) is 0 Å². The highest BCUT2D eigenvalue weighted by Gasteiger charge is 2.55. The second-order valence-corrected chi connectivity index (χ2v) is 13.4. The highest BCUT2D eigenvalue weighted by atomic mass is 32.2. The van der Waals surface area contributed by atoms with Crippen LogP contribution in [0.5, 0.6) is 5.88 Å². The summed E-state index contributed by atoms with van der Waals surface area (Å²) in [5.41, 5.74) is -1.05. The van der Waals surface area contributed by atoms with E-state index in [1.54, 1.807) is 26.1 Å². The smallest absolute Gasteiger partial charge is 0.258 e. The van der Waals surface area contributed by atoms with E-state index in [1.807, 2.05) is 13.8 Å². The average molecular weight is 495 g/mol. The number of nitrogens with one attached hydrogen (secondary N) is 2. The molecular weight excluding hydrogens is 456 g/mol. The van der Waals surface area contributed by atoms with Gasteiger partial charge in [-0.3, -0.25) is 4.79 Å². The largest absolute Gasteiger partial charge is 0.477 e. The van der Waals surface area contributed by atoms with Crippen molar-refractivity contribution in [1.29, 1.82) is 0 Å². The second kappa shape index (κ2) is 8.95. The molecule has 4 bridgehead atoms. The van der Waals surface area contributed by atoms with Gasteiger partial charge in [0.15, 0.2) is 0 Å². The molecule has 4 aliphatic rings. The summed E-state index contributed by atoms with van der Waals surface area (Å²) in [6, 6.07) is 0.0547. The first-order chi connectivity index (χ1) is 15.7. The minimum Gasteiger partial charge on any atom is -0.477 e. The third-order valence-electron chi connectivity index (χ3n) is 7.17. The molecule has 0 aromatic carbocycles. The Morgan fingerprint density at radius 2 is 1.97 bits per heavy atom. The SMILES string of the molecule is CC(C)COc1c(C(=O)NC2C3CC4CC2CC(O)(C4)C3)cnn1/C=C/C(C)(C)NS(C)(=O)=O. The Kier molecular flexibility index (Phi) is 6.63. The van der Waals surface area contributed by atoms with Crippen molar-refractivity contribution in [1.82, 2.24) is 19.8 Å². The van der Waals surface area contributed by atoms with Gasteiger partial charge in [0.1, 0.15) is 5.56 Å². The third kappa shape index (κ3) is 5.66. The maximum atomic E-state index is 13.4. The fraction of sp³-hybridized carbons (Fsp3) is 0.750. The van der Waals surface area contributed by atoms with Crippen LogP contribution in [0, 0.1) is 23.7 Å². The number of amides is 1. The Bertz CT molecular complexity index is 1050. The fourth-order valence-corrected chi connectivity index (χ4v) is 7.24. The summed E-state index contributed by atoms with van der Waals surface area (Å²) in [7, 11) is -3.40. The van der Waals surface area contributed by atoms with Crippen LogP contribution in [-0.4, -0.2) is 59.3 Å². The maximum absolute atomic E-state index is 13.4. The van der Waals surface area contributed by atoms with Crippen LogP contribution < -0.4 is 14.8 Å². The van der Waals surface area contributed by atoms with Crippen molar-refractivity contribution in [3.05, 3.63) is 17.8 Å². The van der Waals surface area contributed by atoms with Crippen LogP contribution in [0.1, 0.15) is 70.2 Å². The Hall–Kier alpha value is -1.91. The average Bonchev–Trinajstić information content (AvgIpc) is 3.07. The maximum Gasteiger partial charge on any atom is 0.258 e. The van der Waals surface area contributed by atoms with Gasteiger partial charge >= 0.3 is 0 Å². The molecule has 34 heavy (non-hydrogen) atoms. The number of aromatic nitrogens is 2. The van der Waals surface area contributed by atoms with Gasteiger partial charge in [0.2, 0.25) is 15.9 Å². The van der Waals surface area contributed by atoms with Gasteiger partial charge in [-0.1, -0.05) is 13.8 Å². The van der Waals surface area contributed by atoms with Gasteiger partial charge < -0.3 is 15.2 Å². The standard InChI is InChI=1S/C24H38N4O5S/c1-15(2)14-33-22-19(13-25-28(22)7-6-23(3,4)27-34(5,31)32)21(29)26-20-17-8-16-9-18(20)12-24(30,10-16)11-17/h6-7,13,15-18,20,27,30H,8-12,14H2,1-5H3,(H,26,29)/b7-6+. The van der Waals surface area contributed by atoms with E-state index >= 15 is 0 Å². The van der Waals surface area contributed by atoms with Gasteiger partial charge in [0.25, 0.3) is 5.91 Å². The molecule has 2 unspecified atom stereocenters. The van der Waals surface area contributed by atoms with Crippen LogP contribution >= 0.6 is 0 Å². The fourth-order valence-electron chi connectivity index (χ4n) is 6.22. The number of nitrogens with zero attached hydrogens (tertiary/aromatic N) is 2. The van der Waals surface area contributed by atoms with Gasteiger partial charge in [-0.2, -0.15) is 5.10 Å². The van der Waals surface area contributed by atoms with Crippen LogP contribution in [0.15, 0.2) is 12.3 Å². The van der Waals surface area contributed by atoms with Crippen molar-refractivity contribution in [2.45, 2.75) is 77.0 Å².